The number of rotatable bonds is 5. The third kappa shape index (κ3) is 4.51. The van der Waals surface area contributed by atoms with Gasteiger partial charge < -0.3 is 15.3 Å². The van der Waals surface area contributed by atoms with Crippen LogP contribution < -0.4 is 5.32 Å². The van der Waals surface area contributed by atoms with Crippen molar-refractivity contribution in [2.45, 2.75) is 24.9 Å². The van der Waals surface area contributed by atoms with Gasteiger partial charge in [0.1, 0.15) is 0 Å². The van der Waals surface area contributed by atoms with Gasteiger partial charge in [-0.2, -0.15) is 22.0 Å². The first kappa shape index (κ1) is 17.6. The Bertz CT molecular complexity index is 400. The summed E-state index contributed by atoms with van der Waals surface area (Å²) in [6, 6.07) is 0. The lowest BCUT2D eigenvalue weighted by molar-refractivity contribution is -0.275. The van der Waals surface area contributed by atoms with Crippen molar-refractivity contribution in [2.24, 2.45) is 5.92 Å². The second kappa shape index (κ2) is 6.54. The van der Waals surface area contributed by atoms with Gasteiger partial charge >= 0.3 is 24.0 Å². The molecule has 1 aliphatic rings. The molecule has 0 saturated carbocycles. The van der Waals surface area contributed by atoms with Crippen LogP contribution in [-0.2, 0) is 9.59 Å². The Balaban J connectivity index is 2.60. The Kier molecular flexibility index (Phi) is 5.48. The van der Waals surface area contributed by atoms with E-state index < -0.39 is 24.0 Å². The van der Waals surface area contributed by atoms with E-state index in [1.54, 1.807) is 0 Å². The summed E-state index contributed by atoms with van der Waals surface area (Å²) < 4.78 is 62.4. The van der Waals surface area contributed by atoms with Crippen molar-refractivity contribution in [3.8, 4) is 0 Å². The fourth-order valence-corrected chi connectivity index (χ4v) is 2.12. The Morgan fingerprint density at radius 1 is 1.24 bits per heavy atom. The highest BCUT2D eigenvalue weighted by Gasteiger charge is 2.64. The molecule has 5 nitrogen and oxygen atoms in total. The Labute approximate surface area is 117 Å². The third-order valence-corrected chi connectivity index (χ3v) is 3.14. The van der Waals surface area contributed by atoms with Gasteiger partial charge in [0, 0.05) is 19.6 Å². The van der Waals surface area contributed by atoms with E-state index >= 15 is 0 Å². The number of carboxylic acid groups (broad SMARTS) is 1. The zero-order valence-electron chi connectivity index (χ0n) is 10.9. The standard InChI is InChI=1S/C11H15F5N2O3/c12-10(13,11(14,15)16)9(21)18-3-1-2-7(6-18)4-17-5-8(19)20/h7,17H,1-6H2,(H,19,20). The van der Waals surface area contributed by atoms with Gasteiger partial charge in [-0.25, -0.2) is 0 Å². The molecule has 1 rings (SSSR count). The topological polar surface area (TPSA) is 69.6 Å². The lowest BCUT2D eigenvalue weighted by atomic mass is 9.97. The van der Waals surface area contributed by atoms with Crippen molar-refractivity contribution in [1.82, 2.24) is 10.2 Å². The van der Waals surface area contributed by atoms with Crippen LogP contribution in [-0.4, -0.2) is 60.2 Å². The van der Waals surface area contributed by atoms with Gasteiger partial charge in [0.05, 0.1) is 6.54 Å². The number of amides is 1. The minimum absolute atomic E-state index is 0.133. The summed E-state index contributed by atoms with van der Waals surface area (Å²) in [5.41, 5.74) is 0. The summed E-state index contributed by atoms with van der Waals surface area (Å²) in [4.78, 5) is 22.1. The highest BCUT2D eigenvalue weighted by molar-refractivity contribution is 5.84. The molecule has 1 saturated heterocycles. The van der Waals surface area contributed by atoms with Crippen molar-refractivity contribution >= 4 is 11.9 Å². The summed E-state index contributed by atoms with van der Waals surface area (Å²) >= 11 is 0. The molecule has 0 aromatic carbocycles. The van der Waals surface area contributed by atoms with Crippen LogP contribution in [0.25, 0.3) is 0 Å². The number of carbonyl (C=O) groups excluding carboxylic acids is 1. The highest BCUT2D eigenvalue weighted by Crippen LogP contribution is 2.37. The molecule has 1 aliphatic heterocycles. The maximum Gasteiger partial charge on any atom is 0.463 e. The maximum absolute atomic E-state index is 13.0. The summed E-state index contributed by atoms with van der Waals surface area (Å²) in [7, 11) is 0. The van der Waals surface area contributed by atoms with Gasteiger partial charge in [-0.05, 0) is 18.8 Å². The fraction of sp³-hybridized carbons (Fsp3) is 0.818. The Morgan fingerprint density at radius 2 is 1.86 bits per heavy atom. The number of nitrogens with one attached hydrogen (secondary N) is 1. The molecule has 2 N–H and O–H groups in total. The summed E-state index contributed by atoms with van der Waals surface area (Å²) in [5.74, 6) is -9.12. The lowest BCUT2D eigenvalue weighted by Gasteiger charge is -2.35. The van der Waals surface area contributed by atoms with Gasteiger partial charge in [0.25, 0.3) is 0 Å². The van der Waals surface area contributed by atoms with E-state index in [-0.39, 0.29) is 32.1 Å². The zero-order chi connectivity index (χ0) is 16.3. The number of alkyl halides is 5. The predicted octanol–water partition coefficient (Wildman–Crippen LogP) is 1.10. The molecule has 0 aromatic rings. The zero-order valence-corrected chi connectivity index (χ0v) is 10.9. The molecule has 0 aromatic heterocycles. The lowest BCUT2D eigenvalue weighted by Crippen LogP contribution is -2.55. The quantitative estimate of drug-likeness (QED) is 0.745. The molecule has 1 heterocycles. The molecule has 122 valence electrons. The molecule has 0 bridgehead atoms. The van der Waals surface area contributed by atoms with Gasteiger partial charge in [0.2, 0.25) is 0 Å². The van der Waals surface area contributed by atoms with Crippen LogP contribution in [0.15, 0.2) is 0 Å². The summed E-state index contributed by atoms with van der Waals surface area (Å²) in [5, 5.41) is 11.0. The predicted molar refractivity (Wildman–Crippen MR) is 60.8 cm³/mol. The molecule has 0 spiro atoms. The van der Waals surface area contributed by atoms with Crippen molar-refractivity contribution in [1.29, 1.82) is 0 Å². The second-order valence-electron chi connectivity index (χ2n) is 4.86. The molecule has 1 fully saturated rings. The fourth-order valence-electron chi connectivity index (χ4n) is 2.12. The number of likely N-dealkylation sites (tertiary alicyclic amines) is 1. The van der Waals surface area contributed by atoms with E-state index in [4.69, 9.17) is 5.11 Å². The molecule has 21 heavy (non-hydrogen) atoms. The van der Waals surface area contributed by atoms with Crippen molar-refractivity contribution in [2.75, 3.05) is 26.2 Å². The number of aliphatic carboxylic acids is 1. The average Bonchev–Trinajstić information content (AvgIpc) is 2.36. The number of nitrogens with zero attached hydrogens (tertiary/aromatic N) is 1. The maximum atomic E-state index is 13.0. The second-order valence-corrected chi connectivity index (χ2v) is 4.86. The average molecular weight is 318 g/mol. The largest absolute Gasteiger partial charge is 0.480 e. The Morgan fingerprint density at radius 3 is 2.38 bits per heavy atom. The van der Waals surface area contributed by atoms with E-state index in [1.165, 1.54) is 0 Å². The molecular formula is C11H15F5N2O3. The first-order chi connectivity index (χ1) is 9.55. The van der Waals surface area contributed by atoms with Crippen LogP contribution in [0.1, 0.15) is 12.8 Å². The normalized spacial score (nSPS) is 20.4. The van der Waals surface area contributed by atoms with Crippen LogP contribution in [0.3, 0.4) is 0 Å². The summed E-state index contributed by atoms with van der Waals surface area (Å²) in [6.45, 7) is -0.631. The number of carboxylic acids is 1. The van der Waals surface area contributed by atoms with Gasteiger partial charge in [-0.3, -0.25) is 9.59 Å². The molecule has 0 radical (unpaired) electrons. The van der Waals surface area contributed by atoms with Crippen molar-refractivity contribution < 1.29 is 36.6 Å². The number of halogens is 5. The van der Waals surface area contributed by atoms with Gasteiger partial charge in [0.15, 0.2) is 0 Å². The molecular weight excluding hydrogens is 303 g/mol. The number of piperidine rings is 1. The van der Waals surface area contributed by atoms with Crippen LogP contribution in [0, 0.1) is 5.92 Å². The molecule has 1 amide bonds. The van der Waals surface area contributed by atoms with Crippen LogP contribution >= 0.6 is 0 Å². The minimum atomic E-state index is -5.92. The third-order valence-electron chi connectivity index (χ3n) is 3.14. The monoisotopic (exact) mass is 318 g/mol. The number of carbonyl (C=O) groups is 2. The Hall–Kier alpha value is -1.45. The smallest absolute Gasteiger partial charge is 0.463 e. The molecule has 0 aliphatic carbocycles. The SMILES string of the molecule is O=C(O)CNCC1CCCN(C(=O)C(F)(F)C(F)(F)F)C1. The van der Waals surface area contributed by atoms with E-state index in [0.717, 1.165) is 0 Å². The van der Waals surface area contributed by atoms with Gasteiger partial charge in [-0.1, -0.05) is 0 Å². The molecule has 1 atom stereocenters. The highest BCUT2D eigenvalue weighted by atomic mass is 19.4. The summed E-state index contributed by atoms with van der Waals surface area (Å²) in [6.07, 6.45) is -5.11. The van der Waals surface area contributed by atoms with Crippen LogP contribution in [0.2, 0.25) is 0 Å². The molecule has 10 heteroatoms. The van der Waals surface area contributed by atoms with E-state index in [2.05, 4.69) is 5.32 Å². The minimum Gasteiger partial charge on any atom is -0.480 e. The first-order valence-corrected chi connectivity index (χ1v) is 6.22. The van der Waals surface area contributed by atoms with E-state index in [1.807, 2.05) is 0 Å². The first-order valence-electron chi connectivity index (χ1n) is 6.22. The molecule has 1 unspecified atom stereocenters. The van der Waals surface area contributed by atoms with Crippen molar-refractivity contribution in [3.63, 3.8) is 0 Å². The number of hydrogen-bond acceptors (Lipinski definition) is 3. The van der Waals surface area contributed by atoms with Crippen molar-refractivity contribution in [3.05, 3.63) is 0 Å². The van der Waals surface area contributed by atoms with Crippen LogP contribution in [0.4, 0.5) is 22.0 Å². The number of hydrogen-bond donors (Lipinski definition) is 2. The van der Waals surface area contributed by atoms with E-state index in [9.17, 15) is 31.5 Å². The van der Waals surface area contributed by atoms with E-state index in [0.29, 0.717) is 17.7 Å². The van der Waals surface area contributed by atoms with Crippen LogP contribution in [0.5, 0.6) is 0 Å². The van der Waals surface area contributed by atoms with Gasteiger partial charge in [-0.15, -0.1) is 0 Å².